The van der Waals surface area contributed by atoms with Crippen molar-refractivity contribution in [1.29, 1.82) is 0 Å². The van der Waals surface area contributed by atoms with E-state index in [0.29, 0.717) is 10.7 Å². The fourth-order valence-electron chi connectivity index (χ4n) is 2.05. The van der Waals surface area contributed by atoms with Gasteiger partial charge in [-0.15, -0.1) is 0 Å². The lowest BCUT2D eigenvalue weighted by Gasteiger charge is -2.21. The summed E-state index contributed by atoms with van der Waals surface area (Å²) in [5.41, 5.74) is 9.85. The molecule has 2 rings (SSSR count). The van der Waals surface area contributed by atoms with E-state index < -0.39 is 0 Å². The second-order valence-corrected chi connectivity index (χ2v) is 5.03. The van der Waals surface area contributed by atoms with E-state index in [9.17, 15) is 0 Å². The second-order valence-electron chi connectivity index (χ2n) is 4.59. The number of nitrogens with zero attached hydrogens (tertiary/aromatic N) is 2. The van der Waals surface area contributed by atoms with Gasteiger partial charge in [-0.3, -0.25) is 0 Å². The average Bonchev–Trinajstić information content (AvgIpc) is 2.38. The van der Waals surface area contributed by atoms with E-state index in [1.165, 1.54) is 11.1 Å². The molecule has 0 bridgehead atoms. The molecule has 1 heterocycles. The Morgan fingerprint density at radius 3 is 2.58 bits per heavy atom. The predicted molar refractivity (Wildman–Crippen MR) is 84.1 cm³/mol. The quantitative estimate of drug-likeness (QED) is 0.871. The molecule has 0 spiro atoms. The third kappa shape index (κ3) is 2.90. The largest absolute Gasteiger partial charge is 0.388 e. The second kappa shape index (κ2) is 5.36. The Hall–Kier alpha value is -1.94. The van der Waals surface area contributed by atoms with Crippen molar-refractivity contribution in [2.24, 2.45) is 5.73 Å². The first-order chi connectivity index (χ1) is 8.99. The monoisotopic (exact) mass is 271 g/mol. The van der Waals surface area contributed by atoms with Gasteiger partial charge in [-0.05, 0) is 37.6 Å². The first-order valence-corrected chi connectivity index (χ1v) is 6.47. The van der Waals surface area contributed by atoms with Gasteiger partial charge in [0, 0.05) is 12.7 Å². The number of thiocarbonyl (C=S) groups is 1. The maximum Gasteiger partial charge on any atom is 0.133 e. The lowest BCUT2D eigenvalue weighted by molar-refractivity contribution is 1.10. The molecule has 4 heteroatoms. The minimum Gasteiger partial charge on any atom is -0.388 e. The van der Waals surface area contributed by atoms with E-state index in [1.54, 1.807) is 0 Å². The van der Waals surface area contributed by atoms with Crippen LogP contribution in [-0.4, -0.2) is 17.0 Å². The van der Waals surface area contributed by atoms with Gasteiger partial charge in [0.25, 0.3) is 0 Å². The molecule has 3 nitrogen and oxygen atoms in total. The Balaban J connectivity index is 2.41. The number of nitrogens with two attached hydrogens (primary N) is 1. The lowest BCUT2D eigenvalue weighted by atomic mass is 10.1. The van der Waals surface area contributed by atoms with Gasteiger partial charge in [0.05, 0.1) is 5.69 Å². The van der Waals surface area contributed by atoms with Gasteiger partial charge in [-0.1, -0.05) is 36.0 Å². The van der Waals surface area contributed by atoms with Gasteiger partial charge in [0.2, 0.25) is 0 Å². The fraction of sp³-hybridized carbons (Fsp3) is 0.200. The lowest BCUT2D eigenvalue weighted by Crippen LogP contribution is -2.16. The first-order valence-electron chi connectivity index (χ1n) is 6.07. The summed E-state index contributed by atoms with van der Waals surface area (Å²) < 4.78 is 0. The van der Waals surface area contributed by atoms with Crippen molar-refractivity contribution in [1.82, 2.24) is 4.98 Å². The number of pyridine rings is 1. The molecule has 0 aliphatic carbocycles. The molecular formula is C15H17N3S. The number of aryl methyl sites for hydroxylation is 2. The SMILES string of the molecule is Cc1ccc(N(C)c2cccc(C(N)=S)n2)c(C)c1. The number of anilines is 2. The summed E-state index contributed by atoms with van der Waals surface area (Å²) in [5, 5.41) is 0. The van der Waals surface area contributed by atoms with Crippen molar-refractivity contribution in [2.45, 2.75) is 13.8 Å². The van der Waals surface area contributed by atoms with Crippen LogP contribution in [-0.2, 0) is 0 Å². The highest BCUT2D eigenvalue weighted by Gasteiger charge is 2.09. The van der Waals surface area contributed by atoms with Crippen LogP contribution >= 0.6 is 12.2 Å². The van der Waals surface area contributed by atoms with Crippen molar-refractivity contribution < 1.29 is 0 Å². The molecular weight excluding hydrogens is 254 g/mol. The molecule has 0 aliphatic rings. The van der Waals surface area contributed by atoms with E-state index in [2.05, 4.69) is 37.0 Å². The van der Waals surface area contributed by atoms with Crippen LogP contribution in [0.1, 0.15) is 16.8 Å². The van der Waals surface area contributed by atoms with Crippen LogP contribution in [0.4, 0.5) is 11.5 Å². The Morgan fingerprint density at radius 2 is 1.95 bits per heavy atom. The van der Waals surface area contributed by atoms with Crippen molar-refractivity contribution in [3.63, 3.8) is 0 Å². The van der Waals surface area contributed by atoms with Crippen LogP contribution in [0, 0.1) is 13.8 Å². The van der Waals surface area contributed by atoms with Crippen molar-refractivity contribution >= 4 is 28.7 Å². The standard InChI is InChI=1S/C15H17N3S/c1-10-7-8-13(11(2)9-10)18(3)14-6-4-5-12(17-14)15(16)19/h4-9H,1-3H3,(H2,16,19). The van der Waals surface area contributed by atoms with Gasteiger partial charge in [-0.2, -0.15) is 0 Å². The molecule has 19 heavy (non-hydrogen) atoms. The minimum atomic E-state index is 0.316. The summed E-state index contributed by atoms with van der Waals surface area (Å²) in [4.78, 5) is 6.83. The van der Waals surface area contributed by atoms with E-state index >= 15 is 0 Å². The number of aromatic nitrogens is 1. The molecule has 0 saturated heterocycles. The topological polar surface area (TPSA) is 42.1 Å². The van der Waals surface area contributed by atoms with Crippen LogP contribution < -0.4 is 10.6 Å². The minimum absolute atomic E-state index is 0.316. The molecule has 98 valence electrons. The zero-order valence-electron chi connectivity index (χ0n) is 11.3. The van der Waals surface area contributed by atoms with Gasteiger partial charge in [-0.25, -0.2) is 4.98 Å². The highest BCUT2D eigenvalue weighted by Crippen LogP contribution is 2.26. The molecule has 1 aromatic heterocycles. The summed E-state index contributed by atoms with van der Waals surface area (Å²) in [6.45, 7) is 4.18. The molecule has 0 unspecified atom stereocenters. The summed E-state index contributed by atoms with van der Waals surface area (Å²) in [6, 6.07) is 12.0. The van der Waals surface area contributed by atoms with Crippen molar-refractivity contribution in [3.8, 4) is 0 Å². The zero-order valence-corrected chi connectivity index (χ0v) is 12.2. The molecule has 0 atom stereocenters. The Kier molecular flexibility index (Phi) is 3.81. The van der Waals surface area contributed by atoms with Crippen LogP contribution in [0.5, 0.6) is 0 Å². The maximum atomic E-state index is 5.62. The molecule has 1 aromatic carbocycles. The molecule has 2 aromatic rings. The van der Waals surface area contributed by atoms with Gasteiger partial charge in [0.1, 0.15) is 10.8 Å². The molecule has 0 fully saturated rings. The van der Waals surface area contributed by atoms with Crippen LogP contribution in [0.15, 0.2) is 36.4 Å². The Morgan fingerprint density at radius 1 is 1.21 bits per heavy atom. The van der Waals surface area contributed by atoms with Crippen LogP contribution in [0.25, 0.3) is 0 Å². The molecule has 0 amide bonds. The summed E-state index contributed by atoms with van der Waals surface area (Å²) in [6.07, 6.45) is 0. The molecule has 0 radical (unpaired) electrons. The highest BCUT2D eigenvalue weighted by atomic mass is 32.1. The van der Waals surface area contributed by atoms with Gasteiger partial charge in [0.15, 0.2) is 0 Å². The third-order valence-electron chi connectivity index (χ3n) is 3.04. The highest BCUT2D eigenvalue weighted by molar-refractivity contribution is 7.80. The normalized spacial score (nSPS) is 10.3. The predicted octanol–water partition coefficient (Wildman–Crippen LogP) is 3.10. The van der Waals surface area contributed by atoms with Crippen molar-refractivity contribution in [2.75, 3.05) is 11.9 Å². The average molecular weight is 271 g/mol. The molecule has 0 aliphatic heterocycles. The first kappa shape index (κ1) is 13.5. The third-order valence-corrected chi connectivity index (χ3v) is 3.25. The zero-order chi connectivity index (χ0) is 14.0. The fourth-order valence-corrected chi connectivity index (χ4v) is 2.17. The summed E-state index contributed by atoms with van der Waals surface area (Å²) in [5.74, 6) is 0.831. The molecule has 0 saturated carbocycles. The Labute approximate surface area is 119 Å². The van der Waals surface area contributed by atoms with Crippen LogP contribution in [0.3, 0.4) is 0 Å². The number of hydrogen-bond donors (Lipinski definition) is 1. The van der Waals surface area contributed by atoms with Crippen LogP contribution in [0.2, 0.25) is 0 Å². The summed E-state index contributed by atoms with van der Waals surface area (Å²) >= 11 is 4.96. The number of benzene rings is 1. The smallest absolute Gasteiger partial charge is 0.133 e. The number of hydrogen-bond acceptors (Lipinski definition) is 3. The number of rotatable bonds is 3. The van der Waals surface area contributed by atoms with E-state index in [-0.39, 0.29) is 0 Å². The Bertz CT molecular complexity index is 623. The van der Waals surface area contributed by atoms with Gasteiger partial charge >= 0.3 is 0 Å². The van der Waals surface area contributed by atoms with Crippen molar-refractivity contribution in [3.05, 3.63) is 53.2 Å². The maximum absolute atomic E-state index is 5.62. The van der Waals surface area contributed by atoms with E-state index in [4.69, 9.17) is 18.0 Å². The molecule has 2 N–H and O–H groups in total. The van der Waals surface area contributed by atoms with E-state index in [0.717, 1.165) is 11.5 Å². The summed E-state index contributed by atoms with van der Waals surface area (Å²) in [7, 11) is 1.99. The van der Waals surface area contributed by atoms with Gasteiger partial charge < -0.3 is 10.6 Å². The van der Waals surface area contributed by atoms with E-state index in [1.807, 2.05) is 30.1 Å².